The van der Waals surface area contributed by atoms with Crippen molar-refractivity contribution in [3.63, 3.8) is 0 Å². The third kappa shape index (κ3) is 7.96. The molecule has 0 unspecified atom stereocenters. The van der Waals surface area contributed by atoms with E-state index in [9.17, 15) is 29.3 Å². The van der Waals surface area contributed by atoms with Gasteiger partial charge in [-0.25, -0.2) is 9.59 Å². The normalized spacial score (nSPS) is 13.8. The molecule has 0 fully saturated rings. The average molecular weight is 523 g/mol. The smallest absolute Gasteiger partial charge is 0.336 e. The predicted molar refractivity (Wildman–Crippen MR) is 133 cm³/mol. The Labute approximate surface area is 211 Å². The van der Waals surface area contributed by atoms with Gasteiger partial charge in [0.1, 0.15) is 13.2 Å². The van der Waals surface area contributed by atoms with Gasteiger partial charge in [-0.05, 0) is 19.4 Å². The van der Waals surface area contributed by atoms with E-state index in [0.717, 1.165) is 23.5 Å². The summed E-state index contributed by atoms with van der Waals surface area (Å²) in [7, 11) is 0. The standard InChI is InChI=1S/C23H26N2O8S2/c1-13-19(22(28)32-8-10-34-15(3)26)21(17-6-5-7-18(12-17)25(30)31)20(14(2)24-13)23(29)33-9-11-35-16(4)27/h5-7,12,21,24H,8-11H2,1-4H3. The lowest BCUT2D eigenvalue weighted by molar-refractivity contribution is -0.384. The number of esters is 2. The average Bonchev–Trinajstić information content (AvgIpc) is 2.78. The highest BCUT2D eigenvalue weighted by Gasteiger charge is 2.38. The van der Waals surface area contributed by atoms with Gasteiger partial charge in [0.05, 0.1) is 22.0 Å². The zero-order valence-corrected chi connectivity index (χ0v) is 21.4. The molecule has 0 amide bonds. The maximum Gasteiger partial charge on any atom is 0.336 e. The fraction of sp³-hybridized carbons (Fsp3) is 0.391. The second-order valence-corrected chi connectivity index (χ2v) is 9.98. The van der Waals surface area contributed by atoms with Crippen molar-refractivity contribution in [1.29, 1.82) is 0 Å². The van der Waals surface area contributed by atoms with Crippen molar-refractivity contribution >= 4 is 51.4 Å². The van der Waals surface area contributed by atoms with Gasteiger partial charge < -0.3 is 14.8 Å². The second-order valence-electron chi connectivity index (χ2n) is 7.44. The van der Waals surface area contributed by atoms with E-state index in [1.165, 1.54) is 32.0 Å². The maximum atomic E-state index is 13.1. The van der Waals surface area contributed by atoms with Crippen LogP contribution >= 0.6 is 23.5 Å². The summed E-state index contributed by atoms with van der Waals surface area (Å²) in [6.45, 7) is 6.02. The highest BCUT2D eigenvalue weighted by molar-refractivity contribution is 8.13. The van der Waals surface area contributed by atoms with E-state index in [0.29, 0.717) is 17.0 Å². The van der Waals surface area contributed by atoms with E-state index in [1.807, 2.05) is 0 Å². The molecule has 0 spiro atoms. The number of benzene rings is 1. The van der Waals surface area contributed by atoms with Gasteiger partial charge in [0, 0.05) is 48.9 Å². The van der Waals surface area contributed by atoms with E-state index < -0.39 is 22.8 Å². The number of hydrogen-bond acceptors (Lipinski definition) is 11. The Balaban J connectivity index is 2.43. The monoisotopic (exact) mass is 522 g/mol. The van der Waals surface area contributed by atoms with Crippen molar-refractivity contribution in [2.75, 3.05) is 24.7 Å². The summed E-state index contributed by atoms with van der Waals surface area (Å²) in [6, 6.07) is 5.67. The Morgan fingerprint density at radius 2 is 1.43 bits per heavy atom. The number of dihydropyridines is 1. The number of carbonyl (C=O) groups is 4. The molecule has 0 radical (unpaired) electrons. The van der Waals surface area contributed by atoms with Crippen LogP contribution in [0.25, 0.3) is 0 Å². The van der Waals surface area contributed by atoms with Crippen LogP contribution in [0.4, 0.5) is 5.69 Å². The molecule has 12 heteroatoms. The molecule has 0 atom stereocenters. The van der Waals surface area contributed by atoms with E-state index in [4.69, 9.17) is 9.47 Å². The van der Waals surface area contributed by atoms with Crippen LogP contribution in [0, 0.1) is 10.1 Å². The van der Waals surface area contributed by atoms with Crippen molar-refractivity contribution < 1.29 is 33.6 Å². The molecule has 35 heavy (non-hydrogen) atoms. The molecule has 188 valence electrons. The van der Waals surface area contributed by atoms with Crippen molar-refractivity contribution in [3.05, 3.63) is 62.5 Å². The summed E-state index contributed by atoms with van der Waals surface area (Å²) in [5.74, 6) is -1.90. The Morgan fingerprint density at radius 1 is 0.943 bits per heavy atom. The molecule has 0 saturated carbocycles. The zero-order valence-electron chi connectivity index (χ0n) is 19.7. The molecule has 2 rings (SSSR count). The Bertz CT molecular complexity index is 1040. The van der Waals surface area contributed by atoms with Crippen LogP contribution in [-0.2, 0) is 28.7 Å². The number of nitrogens with one attached hydrogen (secondary N) is 1. The summed E-state index contributed by atoms with van der Waals surface area (Å²) < 4.78 is 10.7. The first-order chi connectivity index (χ1) is 16.5. The minimum Gasteiger partial charge on any atom is -0.461 e. The van der Waals surface area contributed by atoms with Gasteiger partial charge in [-0.1, -0.05) is 35.7 Å². The number of nitro benzene ring substituents is 1. The van der Waals surface area contributed by atoms with E-state index in [-0.39, 0.29) is 51.8 Å². The zero-order chi connectivity index (χ0) is 26.1. The first-order valence-electron chi connectivity index (χ1n) is 10.6. The number of non-ortho nitro benzene ring substituents is 1. The number of thioether (sulfide) groups is 2. The molecule has 1 N–H and O–H groups in total. The number of nitro groups is 1. The third-order valence-corrected chi connectivity index (χ3v) is 6.41. The number of nitrogens with zero attached hydrogens (tertiary/aromatic N) is 1. The van der Waals surface area contributed by atoms with Crippen LogP contribution in [0.1, 0.15) is 39.2 Å². The van der Waals surface area contributed by atoms with Gasteiger partial charge >= 0.3 is 11.9 Å². The molecule has 0 aromatic heterocycles. The topological polar surface area (TPSA) is 142 Å². The van der Waals surface area contributed by atoms with E-state index >= 15 is 0 Å². The summed E-state index contributed by atoms with van der Waals surface area (Å²) >= 11 is 2.02. The van der Waals surface area contributed by atoms with Crippen LogP contribution < -0.4 is 5.32 Å². The second kappa shape index (κ2) is 13.1. The third-order valence-electron chi connectivity index (χ3n) is 4.86. The van der Waals surface area contributed by atoms with E-state index in [1.54, 1.807) is 19.9 Å². The van der Waals surface area contributed by atoms with Crippen LogP contribution in [0.5, 0.6) is 0 Å². The van der Waals surface area contributed by atoms with Gasteiger partial charge in [0.25, 0.3) is 5.69 Å². The molecular formula is C23H26N2O8S2. The first kappa shape index (κ1) is 28.1. The summed E-state index contributed by atoms with van der Waals surface area (Å²) in [5.41, 5.74) is 1.20. The van der Waals surface area contributed by atoms with Crippen LogP contribution in [-0.4, -0.2) is 51.8 Å². The van der Waals surface area contributed by atoms with Crippen LogP contribution in [0.15, 0.2) is 46.8 Å². The van der Waals surface area contributed by atoms with Gasteiger partial charge in [-0.3, -0.25) is 19.7 Å². The molecule has 1 aliphatic heterocycles. The fourth-order valence-electron chi connectivity index (χ4n) is 3.48. The van der Waals surface area contributed by atoms with Crippen molar-refractivity contribution in [3.8, 4) is 0 Å². The molecule has 1 aliphatic rings. The summed E-state index contributed by atoms with van der Waals surface area (Å²) in [4.78, 5) is 59.3. The molecule has 0 saturated heterocycles. The van der Waals surface area contributed by atoms with Crippen molar-refractivity contribution in [1.82, 2.24) is 5.32 Å². The highest BCUT2D eigenvalue weighted by Crippen LogP contribution is 2.40. The number of hydrogen-bond donors (Lipinski definition) is 1. The quantitative estimate of drug-likeness (QED) is 0.209. The number of ether oxygens (including phenoxy) is 2. The van der Waals surface area contributed by atoms with Gasteiger partial charge in [0.2, 0.25) is 0 Å². The molecular weight excluding hydrogens is 496 g/mol. The molecule has 1 heterocycles. The Morgan fingerprint density at radius 3 is 1.86 bits per heavy atom. The minimum atomic E-state index is -0.989. The lowest BCUT2D eigenvalue weighted by Crippen LogP contribution is -2.33. The van der Waals surface area contributed by atoms with E-state index in [2.05, 4.69) is 5.32 Å². The lowest BCUT2D eigenvalue weighted by Gasteiger charge is -2.30. The number of allylic oxidation sites excluding steroid dienone is 2. The molecule has 0 bridgehead atoms. The molecule has 0 aliphatic carbocycles. The van der Waals surface area contributed by atoms with Crippen molar-refractivity contribution in [2.45, 2.75) is 33.6 Å². The van der Waals surface area contributed by atoms with Crippen LogP contribution in [0.3, 0.4) is 0 Å². The van der Waals surface area contributed by atoms with Crippen LogP contribution in [0.2, 0.25) is 0 Å². The molecule has 1 aromatic rings. The summed E-state index contributed by atoms with van der Waals surface area (Å²) in [5, 5.41) is 14.2. The SMILES string of the molecule is CC(=O)SCCOC(=O)C1=C(C)NC(C)=C(C(=O)OCCSC(C)=O)C1c1cccc([N+](=O)[O-])c1. The maximum absolute atomic E-state index is 13.1. The van der Waals surface area contributed by atoms with Crippen molar-refractivity contribution in [2.24, 2.45) is 0 Å². The molecule has 1 aromatic carbocycles. The van der Waals surface area contributed by atoms with Gasteiger partial charge in [-0.15, -0.1) is 0 Å². The Hall–Kier alpha value is -3.12. The summed E-state index contributed by atoms with van der Waals surface area (Å²) in [6.07, 6.45) is 0. The van der Waals surface area contributed by atoms with Gasteiger partial charge in [0.15, 0.2) is 10.2 Å². The largest absolute Gasteiger partial charge is 0.461 e. The lowest BCUT2D eigenvalue weighted by atomic mass is 9.80. The number of carbonyl (C=O) groups excluding carboxylic acids is 4. The first-order valence-corrected chi connectivity index (χ1v) is 12.5. The van der Waals surface area contributed by atoms with Gasteiger partial charge in [-0.2, -0.15) is 0 Å². The predicted octanol–water partition coefficient (Wildman–Crippen LogP) is 3.48. The molecule has 10 nitrogen and oxygen atoms in total. The highest BCUT2D eigenvalue weighted by atomic mass is 32.2. The fourth-order valence-corrected chi connectivity index (χ4v) is 4.39. The number of rotatable bonds is 10. The Kier molecular flexibility index (Phi) is 10.5. The minimum absolute atomic E-state index is 0.0355.